The lowest BCUT2D eigenvalue weighted by molar-refractivity contribution is -0.136. The molecule has 0 rings (SSSR count). The maximum absolute atomic E-state index is 11.5. The van der Waals surface area contributed by atoms with Crippen LogP contribution < -0.4 is 5.73 Å². The molecule has 0 aromatic carbocycles. The van der Waals surface area contributed by atoms with Gasteiger partial charge in [-0.3, -0.25) is 14.2 Å². The van der Waals surface area contributed by atoms with Crippen LogP contribution in [0.3, 0.4) is 0 Å². The van der Waals surface area contributed by atoms with Gasteiger partial charge in [0.15, 0.2) is 0 Å². The van der Waals surface area contributed by atoms with E-state index in [9.17, 15) is 14.3 Å². The molecule has 29 heavy (non-hydrogen) atoms. The second-order valence-electron chi connectivity index (χ2n) is 6.53. The van der Waals surface area contributed by atoms with Crippen molar-refractivity contribution >= 4 is 13.8 Å². The van der Waals surface area contributed by atoms with Crippen LogP contribution in [0.1, 0.15) is 71.1 Å². The Bertz CT molecular complexity index is 570. The molecule has 0 spiro atoms. The van der Waals surface area contributed by atoms with Gasteiger partial charge >= 0.3 is 13.8 Å². The number of allylic oxidation sites excluding steroid dienone is 8. The van der Waals surface area contributed by atoms with E-state index < -0.39 is 13.8 Å². The number of carbonyl (C=O) groups excluding carboxylic acids is 1. The molecule has 0 aromatic heterocycles. The highest BCUT2D eigenvalue weighted by molar-refractivity contribution is 7.48. The average Bonchev–Trinajstić information content (AvgIpc) is 2.68. The summed E-state index contributed by atoms with van der Waals surface area (Å²) in [4.78, 5) is 20.7. The molecule has 0 radical (unpaired) electrons. The van der Waals surface area contributed by atoms with Crippen molar-refractivity contribution in [2.24, 2.45) is 5.73 Å². The Hall–Kier alpha value is -1.46. The third-order valence-corrected chi connectivity index (χ3v) is 4.74. The summed E-state index contributed by atoms with van der Waals surface area (Å²) in [5.41, 5.74) is 5.16. The molecule has 166 valence electrons. The zero-order chi connectivity index (χ0) is 21.6. The molecule has 7 heteroatoms. The summed E-state index contributed by atoms with van der Waals surface area (Å²) in [7, 11) is -4.32. The van der Waals surface area contributed by atoms with Crippen LogP contribution in [-0.2, 0) is 18.4 Å². The first-order chi connectivity index (χ1) is 14.0. The second kappa shape index (κ2) is 19.8. The number of unbranched alkanes of at least 4 members (excludes halogenated alkanes) is 4. The maximum atomic E-state index is 11.5. The molecule has 0 amide bonds. The average molecular weight is 428 g/mol. The van der Waals surface area contributed by atoms with Crippen molar-refractivity contribution < 1.29 is 23.3 Å². The molecule has 0 aromatic rings. The lowest BCUT2D eigenvalue weighted by atomic mass is 10.2. The van der Waals surface area contributed by atoms with Gasteiger partial charge in [0, 0.05) is 13.0 Å². The van der Waals surface area contributed by atoms with Crippen LogP contribution in [0.5, 0.6) is 0 Å². The van der Waals surface area contributed by atoms with Crippen molar-refractivity contribution in [3.8, 4) is 0 Å². The highest BCUT2D eigenvalue weighted by Crippen LogP contribution is 2.43. The molecule has 0 aliphatic rings. The van der Waals surface area contributed by atoms with E-state index >= 15 is 0 Å². The molecular formula is C22H38NO5P. The monoisotopic (exact) mass is 427 g/mol. The van der Waals surface area contributed by atoms with Gasteiger partial charge in [0.1, 0.15) is 0 Å². The summed E-state index contributed by atoms with van der Waals surface area (Å²) in [6.45, 7) is 2.16. The van der Waals surface area contributed by atoms with E-state index in [1.54, 1.807) is 0 Å². The SMILES string of the molecule is CCCCC/C=C\C/C=C\C/C=C\C/C=C\CCCC(=O)OP(=O)(O)OCCN. The van der Waals surface area contributed by atoms with Crippen LogP contribution in [0, 0.1) is 0 Å². The molecule has 1 unspecified atom stereocenters. The highest BCUT2D eigenvalue weighted by Gasteiger charge is 2.25. The predicted octanol–water partition coefficient (Wildman–Crippen LogP) is 5.75. The third kappa shape index (κ3) is 21.1. The fourth-order valence-electron chi connectivity index (χ4n) is 2.29. The number of hydrogen-bond acceptors (Lipinski definition) is 5. The number of hydrogen-bond donors (Lipinski definition) is 2. The molecule has 0 aliphatic heterocycles. The molecule has 0 saturated heterocycles. The maximum Gasteiger partial charge on any atom is 0.529 e. The van der Waals surface area contributed by atoms with Gasteiger partial charge in [-0.25, -0.2) is 4.57 Å². The molecule has 0 fully saturated rings. The van der Waals surface area contributed by atoms with E-state index in [2.05, 4.69) is 52.4 Å². The summed E-state index contributed by atoms with van der Waals surface area (Å²) < 4.78 is 20.3. The minimum Gasteiger partial charge on any atom is -0.371 e. The van der Waals surface area contributed by atoms with Crippen molar-refractivity contribution in [3.05, 3.63) is 48.6 Å². The van der Waals surface area contributed by atoms with E-state index in [1.807, 2.05) is 12.2 Å². The smallest absolute Gasteiger partial charge is 0.371 e. The predicted molar refractivity (Wildman–Crippen MR) is 119 cm³/mol. The van der Waals surface area contributed by atoms with Gasteiger partial charge in [0.25, 0.3) is 0 Å². The standard InChI is InChI=1S/C22H38NO5P/c1-2-3-4-5-6-7-8-9-10-11-12-13-14-15-16-17-18-19-22(24)28-29(25,26)27-21-20-23/h6-7,9-10,12-13,15-16H,2-5,8,11,14,17-21,23H2,1H3,(H,25,26)/b7-6-,10-9-,13-12-,16-15-. The molecular weight excluding hydrogens is 389 g/mol. The Balaban J connectivity index is 3.65. The van der Waals surface area contributed by atoms with Crippen LogP contribution >= 0.6 is 7.82 Å². The fraction of sp³-hybridized carbons (Fsp3) is 0.591. The quantitative estimate of drug-likeness (QED) is 0.164. The van der Waals surface area contributed by atoms with E-state index in [4.69, 9.17) is 5.73 Å². The number of phosphoric ester groups is 1. The normalized spacial score (nSPS) is 14.4. The lowest BCUT2D eigenvalue weighted by Crippen LogP contribution is -2.10. The van der Waals surface area contributed by atoms with E-state index in [1.165, 1.54) is 25.7 Å². The van der Waals surface area contributed by atoms with Gasteiger partial charge in [-0.15, -0.1) is 0 Å². The second-order valence-corrected chi connectivity index (χ2v) is 7.91. The number of rotatable bonds is 18. The van der Waals surface area contributed by atoms with Gasteiger partial charge in [-0.05, 0) is 44.9 Å². The van der Waals surface area contributed by atoms with Crippen molar-refractivity contribution in [3.63, 3.8) is 0 Å². The lowest BCUT2D eigenvalue weighted by Gasteiger charge is -2.10. The fourth-order valence-corrected chi connectivity index (χ4v) is 3.03. The Labute approximate surface area is 176 Å². The number of nitrogens with two attached hydrogens (primary N) is 1. The van der Waals surface area contributed by atoms with Crippen LogP contribution in [-0.4, -0.2) is 24.0 Å². The van der Waals surface area contributed by atoms with Gasteiger partial charge in [0.05, 0.1) is 6.61 Å². The summed E-state index contributed by atoms with van der Waals surface area (Å²) in [6.07, 6.45) is 26.2. The first kappa shape index (κ1) is 27.5. The molecule has 3 N–H and O–H groups in total. The zero-order valence-electron chi connectivity index (χ0n) is 17.7. The zero-order valence-corrected chi connectivity index (χ0v) is 18.6. The van der Waals surface area contributed by atoms with Gasteiger partial charge in [-0.2, -0.15) is 0 Å². The van der Waals surface area contributed by atoms with E-state index in [0.717, 1.165) is 19.3 Å². The summed E-state index contributed by atoms with van der Waals surface area (Å²) in [5.74, 6) is -0.747. The number of phosphoric acid groups is 1. The van der Waals surface area contributed by atoms with Crippen molar-refractivity contribution in [2.45, 2.75) is 71.1 Å². The summed E-state index contributed by atoms with van der Waals surface area (Å²) >= 11 is 0. The van der Waals surface area contributed by atoms with Crippen molar-refractivity contribution in [1.82, 2.24) is 0 Å². The first-order valence-electron chi connectivity index (χ1n) is 10.5. The third-order valence-electron chi connectivity index (χ3n) is 3.80. The largest absolute Gasteiger partial charge is 0.529 e. The molecule has 0 aliphatic carbocycles. The van der Waals surface area contributed by atoms with Crippen LogP contribution in [0.2, 0.25) is 0 Å². The molecule has 0 bridgehead atoms. The van der Waals surface area contributed by atoms with E-state index in [0.29, 0.717) is 12.8 Å². The number of carbonyl (C=O) groups is 1. The summed E-state index contributed by atoms with van der Waals surface area (Å²) in [6, 6.07) is 0. The Morgan fingerprint density at radius 3 is 1.93 bits per heavy atom. The molecule has 6 nitrogen and oxygen atoms in total. The summed E-state index contributed by atoms with van der Waals surface area (Å²) in [5, 5.41) is 0. The molecule has 1 atom stereocenters. The van der Waals surface area contributed by atoms with Gasteiger partial charge in [0.2, 0.25) is 0 Å². The van der Waals surface area contributed by atoms with Crippen molar-refractivity contribution in [2.75, 3.05) is 13.2 Å². The minimum atomic E-state index is -4.32. The van der Waals surface area contributed by atoms with Crippen LogP contribution in [0.25, 0.3) is 0 Å². The highest BCUT2D eigenvalue weighted by atomic mass is 31.2. The minimum absolute atomic E-state index is 0.0640. The van der Waals surface area contributed by atoms with Gasteiger partial charge in [-0.1, -0.05) is 68.4 Å². The topological polar surface area (TPSA) is 98.9 Å². The molecule has 0 saturated carbocycles. The Morgan fingerprint density at radius 2 is 1.41 bits per heavy atom. The molecule has 0 heterocycles. The van der Waals surface area contributed by atoms with E-state index in [-0.39, 0.29) is 19.6 Å². The van der Waals surface area contributed by atoms with Crippen LogP contribution in [0.15, 0.2) is 48.6 Å². The van der Waals surface area contributed by atoms with Crippen molar-refractivity contribution in [1.29, 1.82) is 0 Å². The van der Waals surface area contributed by atoms with Crippen LogP contribution in [0.4, 0.5) is 0 Å². The Kier molecular flexibility index (Phi) is 18.8. The Morgan fingerprint density at radius 1 is 0.897 bits per heavy atom. The van der Waals surface area contributed by atoms with Gasteiger partial charge < -0.3 is 10.3 Å². The first-order valence-corrected chi connectivity index (χ1v) is 12.0.